The van der Waals surface area contributed by atoms with Crippen LogP contribution in [0.15, 0.2) is 72.9 Å². The summed E-state index contributed by atoms with van der Waals surface area (Å²) in [4.78, 5) is 27.3. The van der Waals surface area contributed by atoms with E-state index in [1.54, 1.807) is 18.2 Å². The van der Waals surface area contributed by atoms with Crippen LogP contribution in [-0.4, -0.2) is 16.8 Å². The van der Waals surface area contributed by atoms with Crippen LogP contribution in [0.25, 0.3) is 6.08 Å². The van der Waals surface area contributed by atoms with Gasteiger partial charge in [0.25, 0.3) is 0 Å². The number of alkyl halides is 3. The number of nitrogens with zero attached hydrogens (tertiary/aromatic N) is 1. The Hall–Kier alpha value is -4.14. The highest BCUT2D eigenvalue weighted by Gasteiger charge is 2.30. The number of anilines is 1. The number of nitrogens with one attached hydrogen (secondary N) is 1. The first-order valence-electron chi connectivity index (χ1n) is 8.91. The molecule has 0 unspecified atom stereocenters. The number of hydrogen-bond acceptors (Lipinski definition) is 4. The van der Waals surface area contributed by atoms with Gasteiger partial charge in [0.1, 0.15) is 5.75 Å². The average Bonchev–Trinajstić information content (AvgIpc) is 2.73. The third kappa shape index (κ3) is 6.17. The Morgan fingerprint density at radius 1 is 1.03 bits per heavy atom. The van der Waals surface area contributed by atoms with E-state index in [0.717, 1.165) is 18.2 Å². The Bertz CT molecular complexity index is 1130. The molecule has 3 aromatic rings. The highest BCUT2D eigenvalue weighted by molar-refractivity contribution is 6.01. The standard InChI is InChI=1S/C22H16F3N3O3/c23-22(24,25)16-5-1-3-14(11-16)7-9-19(29)28-17-8-10-20(27-13-17)31-18-6-2-4-15(12-18)21(26)30/h1-13H,(H2,26,30)(H,28,29)/b9-7+. The lowest BCUT2D eigenvalue weighted by Crippen LogP contribution is -2.10. The Balaban J connectivity index is 1.61. The SMILES string of the molecule is NC(=O)c1cccc(Oc2ccc(NC(=O)/C=C/c3cccc(C(F)(F)F)c3)cn2)c1. The average molecular weight is 427 g/mol. The number of pyridine rings is 1. The highest BCUT2D eigenvalue weighted by atomic mass is 19.4. The number of amides is 2. The monoisotopic (exact) mass is 427 g/mol. The minimum Gasteiger partial charge on any atom is -0.439 e. The van der Waals surface area contributed by atoms with Gasteiger partial charge in [-0.3, -0.25) is 9.59 Å². The van der Waals surface area contributed by atoms with Crippen molar-refractivity contribution in [3.05, 3.63) is 89.6 Å². The number of nitrogens with two attached hydrogens (primary N) is 1. The molecule has 0 radical (unpaired) electrons. The van der Waals surface area contributed by atoms with E-state index in [9.17, 15) is 22.8 Å². The number of primary amides is 1. The van der Waals surface area contributed by atoms with Gasteiger partial charge in [0.05, 0.1) is 17.4 Å². The van der Waals surface area contributed by atoms with Crippen LogP contribution < -0.4 is 15.8 Å². The van der Waals surface area contributed by atoms with E-state index >= 15 is 0 Å². The molecule has 31 heavy (non-hydrogen) atoms. The molecule has 0 saturated heterocycles. The van der Waals surface area contributed by atoms with Gasteiger partial charge in [-0.2, -0.15) is 13.2 Å². The minimum absolute atomic E-state index is 0.221. The zero-order valence-corrected chi connectivity index (χ0v) is 15.9. The van der Waals surface area contributed by atoms with E-state index in [0.29, 0.717) is 11.4 Å². The molecule has 0 spiro atoms. The summed E-state index contributed by atoms with van der Waals surface area (Å²) >= 11 is 0. The van der Waals surface area contributed by atoms with Crippen molar-refractivity contribution in [2.75, 3.05) is 5.32 Å². The number of ether oxygens (including phenoxy) is 1. The molecule has 6 nitrogen and oxygen atoms in total. The molecular weight excluding hydrogens is 411 g/mol. The van der Waals surface area contributed by atoms with Crippen LogP contribution in [0, 0.1) is 0 Å². The summed E-state index contributed by atoms with van der Waals surface area (Å²) in [6.45, 7) is 0. The fourth-order valence-electron chi connectivity index (χ4n) is 2.52. The van der Waals surface area contributed by atoms with E-state index < -0.39 is 23.6 Å². The Morgan fingerprint density at radius 2 is 1.81 bits per heavy atom. The topological polar surface area (TPSA) is 94.3 Å². The Kier molecular flexibility index (Phi) is 6.35. The summed E-state index contributed by atoms with van der Waals surface area (Å²) in [7, 11) is 0. The van der Waals surface area contributed by atoms with Gasteiger partial charge >= 0.3 is 6.18 Å². The Morgan fingerprint density at radius 3 is 2.48 bits per heavy atom. The molecule has 0 aliphatic rings. The smallest absolute Gasteiger partial charge is 0.416 e. The van der Waals surface area contributed by atoms with Crippen LogP contribution in [0.3, 0.4) is 0 Å². The van der Waals surface area contributed by atoms with Gasteiger partial charge in [0.2, 0.25) is 17.7 Å². The van der Waals surface area contributed by atoms with E-state index in [1.165, 1.54) is 42.6 Å². The quantitative estimate of drug-likeness (QED) is 0.560. The van der Waals surface area contributed by atoms with Crippen LogP contribution in [0.4, 0.5) is 18.9 Å². The maximum Gasteiger partial charge on any atom is 0.416 e. The van der Waals surface area contributed by atoms with Crippen molar-refractivity contribution >= 4 is 23.6 Å². The number of carbonyl (C=O) groups is 2. The van der Waals surface area contributed by atoms with Crippen LogP contribution >= 0.6 is 0 Å². The minimum atomic E-state index is -4.46. The number of rotatable bonds is 6. The van der Waals surface area contributed by atoms with Gasteiger partial charge < -0.3 is 15.8 Å². The second-order valence-electron chi connectivity index (χ2n) is 6.33. The third-order valence-corrected chi connectivity index (χ3v) is 3.99. The summed E-state index contributed by atoms with van der Waals surface area (Å²) < 4.78 is 43.8. The van der Waals surface area contributed by atoms with E-state index in [2.05, 4.69) is 10.3 Å². The van der Waals surface area contributed by atoms with E-state index in [4.69, 9.17) is 10.5 Å². The first-order valence-corrected chi connectivity index (χ1v) is 8.91. The van der Waals surface area contributed by atoms with Crippen LogP contribution in [0.2, 0.25) is 0 Å². The van der Waals surface area contributed by atoms with Crippen molar-refractivity contribution in [2.45, 2.75) is 6.18 Å². The maximum absolute atomic E-state index is 12.7. The van der Waals surface area contributed by atoms with E-state index in [-0.39, 0.29) is 17.0 Å². The van der Waals surface area contributed by atoms with Gasteiger partial charge in [-0.05, 0) is 48.0 Å². The summed E-state index contributed by atoms with van der Waals surface area (Å²) in [5, 5.41) is 2.54. The molecule has 3 rings (SSSR count). The molecule has 1 aromatic heterocycles. The van der Waals surface area contributed by atoms with Crippen molar-refractivity contribution in [1.29, 1.82) is 0 Å². The van der Waals surface area contributed by atoms with Gasteiger partial charge in [-0.25, -0.2) is 4.98 Å². The maximum atomic E-state index is 12.7. The molecule has 0 aliphatic heterocycles. The molecule has 0 atom stereocenters. The van der Waals surface area contributed by atoms with Crippen LogP contribution in [-0.2, 0) is 11.0 Å². The number of carbonyl (C=O) groups excluding carboxylic acids is 2. The lowest BCUT2D eigenvalue weighted by Gasteiger charge is -2.07. The number of aromatic nitrogens is 1. The Labute approximate surface area is 175 Å². The lowest BCUT2D eigenvalue weighted by atomic mass is 10.1. The summed E-state index contributed by atoms with van der Waals surface area (Å²) in [5.74, 6) is -0.541. The summed E-state index contributed by atoms with van der Waals surface area (Å²) in [6, 6.07) is 13.9. The first kappa shape index (κ1) is 21.6. The normalized spacial score (nSPS) is 11.3. The van der Waals surface area contributed by atoms with Crippen molar-refractivity contribution in [1.82, 2.24) is 4.98 Å². The summed E-state index contributed by atoms with van der Waals surface area (Å²) in [6.07, 6.45) is -0.706. The molecule has 9 heteroatoms. The van der Waals surface area contributed by atoms with Gasteiger partial charge in [0.15, 0.2) is 0 Å². The second kappa shape index (κ2) is 9.12. The molecule has 1 heterocycles. The summed E-state index contributed by atoms with van der Waals surface area (Å²) in [5.41, 5.74) is 5.31. The largest absolute Gasteiger partial charge is 0.439 e. The molecule has 0 fully saturated rings. The van der Waals surface area contributed by atoms with E-state index in [1.807, 2.05) is 0 Å². The van der Waals surface area contributed by atoms with Gasteiger partial charge in [-0.15, -0.1) is 0 Å². The van der Waals surface area contributed by atoms with Crippen molar-refractivity contribution < 1.29 is 27.5 Å². The van der Waals surface area contributed by atoms with Gasteiger partial charge in [0, 0.05) is 17.7 Å². The fraction of sp³-hybridized carbons (Fsp3) is 0.0455. The molecule has 0 aliphatic carbocycles. The third-order valence-electron chi connectivity index (χ3n) is 3.99. The highest BCUT2D eigenvalue weighted by Crippen LogP contribution is 2.29. The van der Waals surface area contributed by atoms with Crippen LogP contribution in [0.5, 0.6) is 11.6 Å². The molecular formula is C22H16F3N3O3. The molecule has 2 aromatic carbocycles. The molecule has 2 amide bonds. The van der Waals surface area contributed by atoms with Gasteiger partial charge in [-0.1, -0.05) is 18.2 Å². The molecule has 3 N–H and O–H groups in total. The zero-order valence-electron chi connectivity index (χ0n) is 15.9. The molecule has 0 saturated carbocycles. The van der Waals surface area contributed by atoms with Crippen molar-refractivity contribution in [3.8, 4) is 11.6 Å². The lowest BCUT2D eigenvalue weighted by molar-refractivity contribution is -0.137. The molecule has 158 valence electrons. The predicted molar refractivity (Wildman–Crippen MR) is 108 cm³/mol. The fourth-order valence-corrected chi connectivity index (χ4v) is 2.52. The van der Waals surface area contributed by atoms with Crippen molar-refractivity contribution in [2.24, 2.45) is 5.73 Å². The molecule has 0 bridgehead atoms. The first-order chi connectivity index (χ1) is 14.7. The predicted octanol–water partition coefficient (Wildman–Crippen LogP) is 4.64. The number of halogens is 3. The zero-order chi connectivity index (χ0) is 22.4. The number of hydrogen-bond donors (Lipinski definition) is 2. The number of benzene rings is 2. The van der Waals surface area contributed by atoms with Crippen LogP contribution in [0.1, 0.15) is 21.5 Å². The van der Waals surface area contributed by atoms with Crippen molar-refractivity contribution in [3.63, 3.8) is 0 Å². The second-order valence-corrected chi connectivity index (χ2v) is 6.33.